The van der Waals surface area contributed by atoms with Gasteiger partial charge in [0, 0.05) is 24.7 Å². The molecule has 1 unspecified atom stereocenters. The topological polar surface area (TPSA) is 91.1 Å². The summed E-state index contributed by atoms with van der Waals surface area (Å²) in [6.45, 7) is 5.14. The van der Waals surface area contributed by atoms with Crippen molar-refractivity contribution in [1.29, 1.82) is 0 Å². The van der Waals surface area contributed by atoms with Gasteiger partial charge >= 0.3 is 0 Å². The van der Waals surface area contributed by atoms with Crippen LogP contribution in [-0.2, 0) is 6.54 Å². The van der Waals surface area contributed by atoms with E-state index in [1.165, 1.54) is 4.90 Å². The Kier molecular flexibility index (Phi) is 6.43. The van der Waals surface area contributed by atoms with Crippen molar-refractivity contribution in [3.63, 3.8) is 0 Å². The average molecular weight is 409 g/mol. The molecule has 0 radical (unpaired) electrons. The fraction of sp³-hybridized carbons (Fsp3) is 0.474. The molecule has 2 N–H and O–H groups in total. The maximum Gasteiger partial charge on any atom is 0.299 e. The summed E-state index contributed by atoms with van der Waals surface area (Å²) in [7, 11) is 0. The minimum Gasteiger partial charge on any atom is -0.465 e. The highest BCUT2D eigenvalue weighted by molar-refractivity contribution is 6.30. The molecule has 1 aromatic heterocycles. The molecule has 1 atom stereocenters. The van der Waals surface area contributed by atoms with Crippen LogP contribution in [0, 0.1) is 0 Å². The Morgan fingerprint density at radius 3 is 2.54 bits per heavy atom. The number of anilines is 1. The smallest absolute Gasteiger partial charge is 0.299 e. The molecule has 0 saturated heterocycles. The Balaban J connectivity index is 2.07. The Morgan fingerprint density at radius 1 is 1.21 bits per heavy atom. The largest absolute Gasteiger partial charge is 0.465 e. The first-order valence-electron chi connectivity index (χ1n) is 9.36. The molecule has 8 nitrogen and oxygen atoms in total. The lowest BCUT2D eigenvalue weighted by molar-refractivity contribution is -0.00105. The van der Waals surface area contributed by atoms with E-state index in [4.69, 9.17) is 21.4 Å². The van der Waals surface area contributed by atoms with E-state index in [0.29, 0.717) is 48.7 Å². The molecule has 3 rings (SSSR count). The van der Waals surface area contributed by atoms with Gasteiger partial charge in [0.05, 0.1) is 13.2 Å². The molecular formula is C19H25ClN4O4. The van der Waals surface area contributed by atoms with Crippen molar-refractivity contribution in [1.82, 2.24) is 14.5 Å². The molecule has 1 amide bonds. The Bertz CT molecular complexity index is 824. The molecule has 1 aliphatic heterocycles. The van der Waals surface area contributed by atoms with Gasteiger partial charge in [0.15, 0.2) is 11.5 Å². The summed E-state index contributed by atoms with van der Waals surface area (Å²) >= 11 is 5.98. The van der Waals surface area contributed by atoms with Crippen LogP contribution in [-0.4, -0.2) is 63.2 Å². The van der Waals surface area contributed by atoms with Crippen molar-refractivity contribution in [3.05, 3.63) is 40.5 Å². The minimum atomic E-state index is -1.13. The van der Waals surface area contributed by atoms with E-state index in [9.17, 15) is 9.90 Å². The quantitative estimate of drug-likeness (QED) is 0.693. The molecule has 0 aliphatic carbocycles. The number of aromatic nitrogens is 2. The number of hydrogen-bond donors (Lipinski definition) is 2. The second-order valence-corrected chi connectivity index (χ2v) is 6.86. The first kappa shape index (κ1) is 20.4. The number of aliphatic hydroxyl groups excluding tert-OH is 2. The first-order chi connectivity index (χ1) is 13.5. The number of rotatable bonds is 8. The molecule has 1 aliphatic rings. The summed E-state index contributed by atoms with van der Waals surface area (Å²) in [6.07, 6.45) is -0.760. The number of nitrogens with zero attached hydrogens (tertiary/aromatic N) is 4. The summed E-state index contributed by atoms with van der Waals surface area (Å²) in [4.78, 5) is 20.7. The number of ether oxygens (including phenoxy) is 1. The molecule has 2 heterocycles. The number of halogens is 1. The number of fused-ring (bicyclic) bond motifs is 1. The normalized spacial score (nSPS) is 16.5. The van der Waals surface area contributed by atoms with Gasteiger partial charge in [-0.2, -0.15) is 4.98 Å². The van der Waals surface area contributed by atoms with Gasteiger partial charge in [-0.05, 0) is 38.0 Å². The highest BCUT2D eigenvalue weighted by Gasteiger charge is 2.40. The van der Waals surface area contributed by atoms with Gasteiger partial charge in [0.2, 0.25) is 6.35 Å². The molecule has 0 spiro atoms. The van der Waals surface area contributed by atoms with Crippen molar-refractivity contribution < 1.29 is 19.7 Å². The van der Waals surface area contributed by atoms with Crippen molar-refractivity contribution in [3.8, 4) is 6.01 Å². The van der Waals surface area contributed by atoms with E-state index in [2.05, 4.69) is 4.98 Å². The van der Waals surface area contributed by atoms with Gasteiger partial charge in [-0.3, -0.25) is 14.3 Å². The van der Waals surface area contributed by atoms with Crippen molar-refractivity contribution in [2.24, 2.45) is 0 Å². The second kappa shape index (κ2) is 8.81. The zero-order chi connectivity index (χ0) is 20.3. The zero-order valence-electron chi connectivity index (χ0n) is 16.0. The van der Waals surface area contributed by atoms with Crippen molar-refractivity contribution in [2.75, 3.05) is 31.2 Å². The highest BCUT2D eigenvalue weighted by Crippen LogP contribution is 2.34. The van der Waals surface area contributed by atoms with Crippen LogP contribution < -0.4 is 9.64 Å². The number of carbonyl (C=O) groups excluding carboxylic acids is 1. The lowest BCUT2D eigenvalue weighted by Gasteiger charge is -2.40. The van der Waals surface area contributed by atoms with Crippen LogP contribution in [0.2, 0.25) is 5.02 Å². The van der Waals surface area contributed by atoms with Crippen LogP contribution >= 0.6 is 11.6 Å². The van der Waals surface area contributed by atoms with E-state index < -0.39 is 6.35 Å². The molecule has 0 fully saturated rings. The summed E-state index contributed by atoms with van der Waals surface area (Å²) < 4.78 is 7.41. The molecule has 28 heavy (non-hydrogen) atoms. The number of benzene rings is 1. The van der Waals surface area contributed by atoms with Crippen LogP contribution in [0.15, 0.2) is 24.3 Å². The standard InChI is InChI=1S/C19H25ClN4O4/c1-3-22-16-15(17(26)23(19(22)27)10-5-11-25)24(18(21-16)28-4-2)12-13-6-8-14(20)9-7-13/h6-9,19,25,27H,3-5,10-12H2,1-2H3. The monoisotopic (exact) mass is 408 g/mol. The van der Waals surface area contributed by atoms with E-state index in [1.807, 2.05) is 26.0 Å². The van der Waals surface area contributed by atoms with E-state index in [1.54, 1.807) is 21.6 Å². The number of carbonyl (C=O) groups is 1. The SMILES string of the molecule is CCOc1nc2c(n1Cc1ccc(Cl)cc1)C(=O)N(CCCO)C(O)N2CC. The van der Waals surface area contributed by atoms with Crippen LogP contribution in [0.5, 0.6) is 6.01 Å². The predicted octanol–water partition coefficient (Wildman–Crippen LogP) is 1.92. The molecule has 0 saturated carbocycles. The number of amides is 1. The summed E-state index contributed by atoms with van der Waals surface area (Å²) in [5.41, 5.74) is 1.30. The number of hydrogen-bond acceptors (Lipinski definition) is 6. The van der Waals surface area contributed by atoms with Crippen LogP contribution in [0.4, 0.5) is 5.82 Å². The van der Waals surface area contributed by atoms with E-state index in [-0.39, 0.29) is 19.1 Å². The van der Waals surface area contributed by atoms with Crippen LogP contribution in [0.1, 0.15) is 36.3 Å². The minimum absolute atomic E-state index is 0.0658. The van der Waals surface area contributed by atoms with E-state index in [0.717, 1.165) is 5.56 Å². The molecular weight excluding hydrogens is 384 g/mol. The summed E-state index contributed by atoms with van der Waals surface area (Å²) in [5, 5.41) is 20.5. The van der Waals surface area contributed by atoms with Crippen LogP contribution in [0.3, 0.4) is 0 Å². The molecule has 0 bridgehead atoms. The maximum atomic E-state index is 13.2. The molecule has 9 heteroatoms. The van der Waals surface area contributed by atoms with Gasteiger partial charge in [-0.15, -0.1) is 0 Å². The second-order valence-electron chi connectivity index (χ2n) is 6.42. The molecule has 1 aromatic carbocycles. The lowest BCUT2D eigenvalue weighted by atomic mass is 10.2. The third-order valence-corrected chi connectivity index (χ3v) is 4.88. The van der Waals surface area contributed by atoms with Crippen molar-refractivity contribution >= 4 is 23.3 Å². The Labute approximate surface area is 168 Å². The Morgan fingerprint density at radius 2 is 1.93 bits per heavy atom. The molecule has 152 valence electrons. The summed E-state index contributed by atoms with van der Waals surface area (Å²) in [5.74, 6) is 0.0609. The average Bonchev–Trinajstić information content (AvgIpc) is 3.02. The van der Waals surface area contributed by atoms with Gasteiger partial charge in [0.1, 0.15) is 0 Å². The maximum absolute atomic E-state index is 13.2. The third kappa shape index (κ3) is 3.80. The summed E-state index contributed by atoms with van der Waals surface area (Å²) in [6, 6.07) is 7.67. The fourth-order valence-electron chi connectivity index (χ4n) is 3.28. The van der Waals surface area contributed by atoms with Crippen molar-refractivity contribution in [2.45, 2.75) is 33.2 Å². The fourth-order valence-corrected chi connectivity index (χ4v) is 3.41. The highest BCUT2D eigenvalue weighted by atomic mass is 35.5. The van der Waals surface area contributed by atoms with Gasteiger partial charge < -0.3 is 19.8 Å². The Hall–Kier alpha value is -2.29. The number of imidazole rings is 1. The van der Waals surface area contributed by atoms with Gasteiger partial charge in [-0.25, -0.2) is 0 Å². The van der Waals surface area contributed by atoms with Gasteiger partial charge in [0.25, 0.3) is 11.9 Å². The van der Waals surface area contributed by atoms with Gasteiger partial charge in [-0.1, -0.05) is 23.7 Å². The van der Waals surface area contributed by atoms with E-state index >= 15 is 0 Å². The lowest BCUT2D eigenvalue weighted by Crippen LogP contribution is -2.56. The zero-order valence-corrected chi connectivity index (χ0v) is 16.8. The number of aliphatic hydroxyl groups is 2. The first-order valence-corrected chi connectivity index (χ1v) is 9.73. The van der Waals surface area contributed by atoms with Crippen LogP contribution in [0.25, 0.3) is 0 Å². The third-order valence-electron chi connectivity index (χ3n) is 4.63. The molecule has 2 aromatic rings. The predicted molar refractivity (Wildman–Crippen MR) is 106 cm³/mol.